The lowest BCUT2D eigenvalue weighted by Crippen LogP contribution is -2.12. The number of rotatable bonds is 8. The molecule has 0 aliphatic heterocycles. The third-order valence-corrected chi connectivity index (χ3v) is 4.31. The van der Waals surface area contributed by atoms with Crippen molar-refractivity contribution in [2.45, 2.75) is 6.54 Å². The molecule has 0 fully saturated rings. The number of carboxylic acids is 1. The van der Waals surface area contributed by atoms with Crippen molar-refractivity contribution >= 4 is 23.3 Å². The van der Waals surface area contributed by atoms with Crippen molar-refractivity contribution in [2.75, 3.05) is 19.0 Å². The summed E-state index contributed by atoms with van der Waals surface area (Å²) in [6.07, 6.45) is 0. The summed E-state index contributed by atoms with van der Waals surface area (Å²) in [5.74, 6) is 0.234. The molecular weight excluding hydrogens is 354 g/mol. The second-order valence-corrected chi connectivity index (χ2v) is 6.29. The van der Waals surface area contributed by atoms with Crippen molar-refractivity contribution in [3.05, 3.63) is 52.7 Å². The maximum Gasteiger partial charge on any atom is 0.341 e. The van der Waals surface area contributed by atoms with Crippen molar-refractivity contribution in [1.82, 2.24) is 9.97 Å². The number of methoxy groups -OCH3 is 1. The molecule has 2 aromatic heterocycles. The number of carboxylic acid groups (broad SMARTS) is 1. The zero-order valence-corrected chi connectivity index (χ0v) is 14.8. The second kappa shape index (κ2) is 8.30. The molecule has 3 aromatic rings. The molecular formula is C18H17N3O4S. The van der Waals surface area contributed by atoms with Gasteiger partial charge in [-0.05, 0) is 35.7 Å². The van der Waals surface area contributed by atoms with Crippen LogP contribution < -0.4 is 14.8 Å². The first-order valence-corrected chi connectivity index (χ1v) is 8.66. The molecule has 2 N–H and O–H groups in total. The van der Waals surface area contributed by atoms with E-state index in [0.29, 0.717) is 18.2 Å². The van der Waals surface area contributed by atoms with E-state index in [4.69, 9.17) is 14.6 Å². The average molecular weight is 371 g/mol. The molecule has 0 saturated heterocycles. The fourth-order valence-electron chi connectivity index (χ4n) is 2.20. The van der Waals surface area contributed by atoms with E-state index in [9.17, 15) is 4.79 Å². The van der Waals surface area contributed by atoms with Crippen LogP contribution in [0.3, 0.4) is 0 Å². The lowest BCUT2D eigenvalue weighted by Gasteiger charge is -2.10. The van der Waals surface area contributed by atoms with Crippen molar-refractivity contribution in [3.63, 3.8) is 0 Å². The molecule has 7 nitrogen and oxygen atoms in total. The summed E-state index contributed by atoms with van der Waals surface area (Å²) in [6.45, 7) is 0.103. The first-order chi connectivity index (χ1) is 12.6. The highest BCUT2D eigenvalue weighted by Crippen LogP contribution is 2.25. The van der Waals surface area contributed by atoms with Crippen LogP contribution in [0, 0.1) is 0 Å². The van der Waals surface area contributed by atoms with E-state index in [-0.39, 0.29) is 5.88 Å². The van der Waals surface area contributed by atoms with Gasteiger partial charge in [0.2, 0.25) is 11.8 Å². The van der Waals surface area contributed by atoms with Gasteiger partial charge in [-0.2, -0.15) is 4.98 Å². The smallest absolute Gasteiger partial charge is 0.341 e. The van der Waals surface area contributed by atoms with Crippen LogP contribution in [0.5, 0.6) is 11.6 Å². The molecule has 0 bridgehead atoms. The van der Waals surface area contributed by atoms with E-state index >= 15 is 0 Å². The van der Waals surface area contributed by atoms with Crippen LogP contribution in [0.15, 0.2) is 47.8 Å². The van der Waals surface area contributed by atoms with Crippen LogP contribution in [-0.2, 0) is 11.3 Å². The number of ether oxygens (including phenoxy) is 2. The van der Waals surface area contributed by atoms with Crippen LogP contribution in [0.2, 0.25) is 0 Å². The highest BCUT2D eigenvalue weighted by molar-refractivity contribution is 7.09. The van der Waals surface area contributed by atoms with Gasteiger partial charge in [0.15, 0.2) is 6.61 Å². The van der Waals surface area contributed by atoms with Crippen molar-refractivity contribution in [1.29, 1.82) is 0 Å². The number of aliphatic carboxylic acids is 1. The average Bonchev–Trinajstić information content (AvgIpc) is 3.18. The van der Waals surface area contributed by atoms with E-state index in [1.165, 1.54) is 0 Å². The minimum Gasteiger partial charge on any atom is -0.497 e. The van der Waals surface area contributed by atoms with Gasteiger partial charge in [0.05, 0.1) is 19.3 Å². The topological polar surface area (TPSA) is 93.6 Å². The van der Waals surface area contributed by atoms with Crippen LogP contribution in [-0.4, -0.2) is 34.8 Å². The third-order valence-electron chi connectivity index (χ3n) is 3.43. The van der Waals surface area contributed by atoms with Crippen molar-refractivity contribution in [3.8, 4) is 22.9 Å². The van der Waals surface area contributed by atoms with E-state index in [0.717, 1.165) is 16.2 Å². The largest absolute Gasteiger partial charge is 0.497 e. The van der Waals surface area contributed by atoms with E-state index in [1.807, 2.05) is 41.8 Å². The van der Waals surface area contributed by atoms with E-state index in [1.54, 1.807) is 24.5 Å². The summed E-state index contributed by atoms with van der Waals surface area (Å²) in [5, 5.41) is 14.0. The molecule has 0 amide bonds. The quantitative estimate of drug-likeness (QED) is 0.627. The normalized spacial score (nSPS) is 10.3. The molecule has 0 saturated carbocycles. The molecule has 0 unspecified atom stereocenters. The fourth-order valence-corrected chi connectivity index (χ4v) is 2.85. The van der Waals surface area contributed by atoms with Gasteiger partial charge in [-0.25, -0.2) is 9.78 Å². The van der Waals surface area contributed by atoms with Gasteiger partial charge in [-0.3, -0.25) is 0 Å². The molecule has 1 aromatic carbocycles. The number of nitrogens with zero attached hydrogens (tertiary/aromatic N) is 2. The van der Waals surface area contributed by atoms with Crippen LogP contribution in [0.1, 0.15) is 4.88 Å². The zero-order valence-electron chi connectivity index (χ0n) is 14.0. The van der Waals surface area contributed by atoms with E-state index < -0.39 is 12.6 Å². The lowest BCUT2D eigenvalue weighted by molar-refractivity contribution is -0.139. The Balaban J connectivity index is 1.86. The maximum absolute atomic E-state index is 10.8. The van der Waals surface area contributed by atoms with Gasteiger partial charge in [0, 0.05) is 16.5 Å². The molecule has 3 rings (SSSR count). The van der Waals surface area contributed by atoms with Gasteiger partial charge in [0.25, 0.3) is 0 Å². The Bertz CT molecular complexity index is 867. The van der Waals surface area contributed by atoms with Gasteiger partial charge in [-0.15, -0.1) is 11.3 Å². The van der Waals surface area contributed by atoms with Crippen molar-refractivity contribution in [2.24, 2.45) is 0 Å². The lowest BCUT2D eigenvalue weighted by atomic mass is 10.1. The third kappa shape index (κ3) is 4.70. The number of aromatic nitrogens is 2. The second-order valence-electron chi connectivity index (χ2n) is 5.26. The fraction of sp³-hybridized carbons (Fsp3) is 0.167. The SMILES string of the molecule is COc1ccc(-c2cc(OCC(=O)O)nc(NCc3cccs3)n2)cc1. The number of thiophene rings is 1. The first kappa shape index (κ1) is 17.7. The molecule has 0 atom stereocenters. The number of hydrogen-bond donors (Lipinski definition) is 2. The van der Waals surface area contributed by atoms with Gasteiger partial charge >= 0.3 is 5.97 Å². The van der Waals surface area contributed by atoms with Crippen LogP contribution in [0.25, 0.3) is 11.3 Å². The van der Waals surface area contributed by atoms with Crippen LogP contribution in [0.4, 0.5) is 5.95 Å². The Morgan fingerprint density at radius 2 is 2.04 bits per heavy atom. The summed E-state index contributed by atoms with van der Waals surface area (Å²) >= 11 is 1.62. The van der Waals surface area contributed by atoms with Gasteiger partial charge < -0.3 is 19.9 Å². The Morgan fingerprint density at radius 3 is 2.69 bits per heavy atom. The predicted molar refractivity (Wildman–Crippen MR) is 98.8 cm³/mol. The zero-order chi connectivity index (χ0) is 18.4. The predicted octanol–water partition coefficient (Wildman–Crippen LogP) is 3.29. The highest BCUT2D eigenvalue weighted by Gasteiger charge is 2.10. The summed E-state index contributed by atoms with van der Waals surface area (Å²) in [5.41, 5.74) is 1.46. The summed E-state index contributed by atoms with van der Waals surface area (Å²) in [6, 6.07) is 13.0. The van der Waals surface area contributed by atoms with E-state index in [2.05, 4.69) is 15.3 Å². The highest BCUT2D eigenvalue weighted by atomic mass is 32.1. The Labute approximate surface area is 154 Å². The van der Waals surface area contributed by atoms with Gasteiger partial charge in [0.1, 0.15) is 5.75 Å². The molecule has 0 aliphatic rings. The Hall–Kier alpha value is -3.13. The molecule has 26 heavy (non-hydrogen) atoms. The molecule has 0 spiro atoms. The Kier molecular flexibility index (Phi) is 5.65. The molecule has 2 heterocycles. The summed E-state index contributed by atoms with van der Waals surface area (Å²) < 4.78 is 10.4. The first-order valence-electron chi connectivity index (χ1n) is 7.78. The van der Waals surface area contributed by atoms with Gasteiger partial charge in [-0.1, -0.05) is 6.07 Å². The number of hydrogen-bond acceptors (Lipinski definition) is 7. The number of carbonyl (C=O) groups is 1. The maximum atomic E-state index is 10.8. The Morgan fingerprint density at radius 1 is 1.23 bits per heavy atom. The molecule has 8 heteroatoms. The molecule has 0 radical (unpaired) electrons. The minimum absolute atomic E-state index is 0.196. The summed E-state index contributed by atoms with van der Waals surface area (Å²) in [7, 11) is 1.60. The summed E-state index contributed by atoms with van der Waals surface area (Å²) in [4.78, 5) is 20.6. The number of nitrogens with one attached hydrogen (secondary N) is 1. The van der Waals surface area contributed by atoms with Crippen LogP contribution >= 0.6 is 11.3 Å². The minimum atomic E-state index is -1.07. The number of anilines is 1. The monoisotopic (exact) mass is 371 g/mol. The molecule has 0 aliphatic carbocycles. The molecule has 134 valence electrons. The van der Waals surface area contributed by atoms with Crippen molar-refractivity contribution < 1.29 is 19.4 Å². The number of benzene rings is 1. The standard InChI is InChI=1S/C18H17N3O4S/c1-24-13-6-4-12(5-7-13)15-9-16(25-11-17(22)23)21-18(20-15)19-10-14-3-2-8-26-14/h2-9H,10-11H2,1H3,(H,22,23)(H,19,20,21).